The molecule has 0 saturated heterocycles. The summed E-state index contributed by atoms with van der Waals surface area (Å²) in [5.74, 6) is 0.354. The fourth-order valence-electron chi connectivity index (χ4n) is 3.20. The number of rotatable bonds is 5. The number of aromatic nitrogens is 1. The van der Waals surface area contributed by atoms with Crippen LogP contribution in [0.2, 0.25) is 0 Å². The summed E-state index contributed by atoms with van der Waals surface area (Å²) in [6.07, 6.45) is 8.92. The van der Waals surface area contributed by atoms with Crippen LogP contribution < -0.4 is 0 Å². The predicted octanol–water partition coefficient (Wildman–Crippen LogP) is 5.47. The van der Waals surface area contributed by atoms with Crippen molar-refractivity contribution in [2.24, 2.45) is 17.8 Å². The summed E-state index contributed by atoms with van der Waals surface area (Å²) in [5, 5.41) is 9.18. The average Bonchev–Trinajstić information content (AvgIpc) is 2.59. The van der Waals surface area contributed by atoms with E-state index in [1.165, 1.54) is 0 Å². The SMILES string of the molecule is CC=CC(C(C)CC)C1CC(F)=C(C#N)C=C1c1ccccn1. The van der Waals surface area contributed by atoms with Crippen LogP contribution in [0.3, 0.4) is 0 Å². The average molecular weight is 310 g/mol. The van der Waals surface area contributed by atoms with Gasteiger partial charge in [0.25, 0.3) is 0 Å². The first-order valence-electron chi connectivity index (χ1n) is 8.16. The first-order chi connectivity index (χ1) is 11.1. The smallest absolute Gasteiger partial charge is 0.118 e. The molecule has 2 nitrogen and oxygen atoms in total. The van der Waals surface area contributed by atoms with Gasteiger partial charge in [-0.3, -0.25) is 4.98 Å². The van der Waals surface area contributed by atoms with Gasteiger partial charge < -0.3 is 0 Å². The summed E-state index contributed by atoms with van der Waals surface area (Å²) in [5.41, 5.74) is 1.92. The lowest BCUT2D eigenvalue weighted by molar-refractivity contribution is 0.323. The number of hydrogen-bond acceptors (Lipinski definition) is 2. The van der Waals surface area contributed by atoms with Gasteiger partial charge in [-0.05, 0) is 48.5 Å². The number of nitrogens with zero attached hydrogens (tertiary/aromatic N) is 2. The van der Waals surface area contributed by atoms with Gasteiger partial charge in [0.15, 0.2) is 0 Å². The standard InChI is InChI=1S/C20H23FN2/c1-4-8-16(14(3)5-2)17-12-19(21)15(13-22)11-18(17)20-9-6-7-10-23-20/h4,6-11,14,16-17H,5,12H2,1-3H3. The summed E-state index contributed by atoms with van der Waals surface area (Å²) >= 11 is 0. The first-order valence-corrected chi connectivity index (χ1v) is 8.16. The summed E-state index contributed by atoms with van der Waals surface area (Å²) < 4.78 is 14.3. The number of nitriles is 1. The molecule has 3 atom stereocenters. The highest BCUT2D eigenvalue weighted by molar-refractivity contribution is 5.71. The van der Waals surface area contributed by atoms with E-state index in [0.29, 0.717) is 5.92 Å². The van der Waals surface area contributed by atoms with Crippen molar-refractivity contribution < 1.29 is 4.39 Å². The maximum absolute atomic E-state index is 14.3. The summed E-state index contributed by atoms with van der Waals surface area (Å²) in [6, 6.07) is 7.69. The van der Waals surface area contributed by atoms with E-state index in [0.717, 1.165) is 17.7 Å². The minimum Gasteiger partial charge on any atom is -0.257 e. The van der Waals surface area contributed by atoms with Crippen LogP contribution in [0.5, 0.6) is 0 Å². The molecule has 0 aliphatic heterocycles. The Kier molecular flexibility index (Phi) is 5.87. The highest BCUT2D eigenvalue weighted by Crippen LogP contribution is 2.43. The largest absolute Gasteiger partial charge is 0.257 e. The topological polar surface area (TPSA) is 36.7 Å². The van der Waals surface area contributed by atoms with E-state index in [4.69, 9.17) is 0 Å². The van der Waals surface area contributed by atoms with Crippen molar-refractivity contribution in [3.8, 4) is 6.07 Å². The number of hydrogen-bond donors (Lipinski definition) is 0. The highest BCUT2D eigenvalue weighted by Gasteiger charge is 2.32. The Labute approximate surface area is 138 Å². The molecule has 0 N–H and O–H groups in total. The highest BCUT2D eigenvalue weighted by atomic mass is 19.1. The molecule has 0 aromatic carbocycles. The lowest BCUT2D eigenvalue weighted by Crippen LogP contribution is -2.24. The summed E-state index contributed by atoms with van der Waals surface area (Å²) in [7, 11) is 0. The Morgan fingerprint density at radius 2 is 2.26 bits per heavy atom. The van der Waals surface area contributed by atoms with Gasteiger partial charge in [-0.15, -0.1) is 0 Å². The van der Waals surface area contributed by atoms with Gasteiger partial charge in [-0.25, -0.2) is 4.39 Å². The molecular formula is C20H23FN2. The van der Waals surface area contributed by atoms with Crippen molar-refractivity contribution in [1.29, 1.82) is 5.26 Å². The molecule has 1 aliphatic carbocycles. The van der Waals surface area contributed by atoms with Crippen LogP contribution in [0.25, 0.3) is 5.57 Å². The van der Waals surface area contributed by atoms with E-state index in [1.807, 2.05) is 37.3 Å². The molecule has 2 rings (SSSR count). The molecule has 0 bridgehead atoms. The number of pyridine rings is 1. The van der Waals surface area contributed by atoms with Crippen LogP contribution in [0.4, 0.5) is 4.39 Å². The second kappa shape index (κ2) is 7.87. The molecule has 120 valence electrons. The molecule has 0 amide bonds. The lowest BCUT2D eigenvalue weighted by atomic mass is 9.72. The Morgan fingerprint density at radius 3 is 2.83 bits per heavy atom. The van der Waals surface area contributed by atoms with Crippen LogP contribution in [-0.4, -0.2) is 4.98 Å². The second-order valence-corrected chi connectivity index (χ2v) is 6.04. The van der Waals surface area contributed by atoms with Gasteiger partial charge >= 0.3 is 0 Å². The van der Waals surface area contributed by atoms with E-state index in [-0.39, 0.29) is 29.7 Å². The first kappa shape index (κ1) is 17.1. The summed E-state index contributed by atoms with van der Waals surface area (Å²) in [6.45, 7) is 6.35. The second-order valence-electron chi connectivity index (χ2n) is 6.04. The van der Waals surface area contributed by atoms with Crippen molar-refractivity contribution in [2.45, 2.75) is 33.6 Å². The molecule has 23 heavy (non-hydrogen) atoms. The molecule has 1 aliphatic rings. The molecule has 1 aromatic heterocycles. The van der Waals surface area contributed by atoms with Gasteiger partial charge in [-0.1, -0.05) is 38.5 Å². The van der Waals surface area contributed by atoms with Crippen LogP contribution in [0.15, 0.2) is 54.0 Å². The normalized spacial score (nSPS) is 21.0. The third-order valence-electron chi connectivity index (χ3n) is 4.65. The molecule has 1 heterocycles. The Morgan fingerprint density at radius 1 is 1.48 bits per heavy atom. The van der Waals surface area contributed by atoms with Gasteiger partial charge in [0.1, 0.15) is 11.9 Å². The fourth-order valence-corrected chi connectivity index (χ4v) is 3.20. The van der Waals surface area contributed by atoms with E-state index < -0.39 is 0 Å². The zero-order chi connectivity index (χ0) is 16.8. The van der Waals surface area contributed by atoms with E-state index in [9.17, 15) is 9.65 Å². The third kappa shape index (κ3) is 3.76. The van der Waals surface area contributed by atoms with Crippen molar-refractivity contribution in [1.82, 2.24) is 4.98 Å². The Bertz CT molecular complexity index is 665. The Hall–Kier alpha value is -2.21. The maximum atomic E-state index is 14.3. The van der Waals surface area contributed by atoms with Crippen molar-refractivity contribution in [2.75, 3.05) is 0 Å². The molecule has 0 fully saturated rings. The monoisotopic (exact) mass is 310 g/mol. The van der Waals surface area contributed by atoms with E-state index >= 15 is 0 Å². The van der Waals surface area contributed by atoms with Gasteiger partial charge in [0, 0.05) is 12.6 Å². The van der Waals surface area contributed by atoms with E-state index in [2.05, 4.69) is 24.9 Å². The molecule has 3 heteroatoms. The quantitative estimate of drug-likeness (QED) is 0.676. The number of halogens is 1. The zero-order valence-electron chi connectivity index (χ0n) is 14.0. The van der Waals surface area contributed by atoms with Crippen molar-refractivity contribution in [3.63, 3.8) is 0 Å². The van der Waals surface area contributed by atoms with Gasteiger partial charge in [0.2, 0.25) is 0 Å². The van der Waals surface area contributed by atoms with Gasteiger partial charge in [-0.2, -0.15) is 5.26 Å². The number of allylic oxidation sites excluding steroid dienone is 6. The molecule has 1 aromatic rings. The Balaban J connectivity index is 2.51. The van der Waals surface area contributed by atoms with Gasteiger partial charge in [0.05, 0.1) is 11.3 Å². The van der Waals surface area contributed by atoms with Crippen LogP contribution in [0, 0.1) is 29.1 Å². The predicted molar refractivity (Wildman–Crippen MR) is 91.8 cm³/mol. The minimum atomic E-state index is -0.310. The zero-order valence-corrected chi connectivity index (χ0v) is 14.0. The molecule has 3 unspecified atom stereocenters. The maximum Gasteiger partial charge on any atom is 0.118 e. The minimum absolute atomic E-state index is 0.00755. The third-order valence-corrected chi connectivity index (χ3v) is 4.65. The molecule has 0 radical (unpaired) electrons. The van der Waals surface area contributed by atoms with Crippen LogP contribution in [0.1, 0.15) is 39.3 Å². The lowest BCUT2D eigenvalue weighted by Gasteiger charge is -2.33. The fraction of sp³-hybridized carbons (Fsp3) is 0.400. The van der Waals surface area contributed by atoms with E-state index in [1.54, 1.807) is 12.3 Å². The molecule has 0 saturated carbocycles. The van der Waals surface area contributed by atoms with Crippen LogP contribution in [-0.2, 0) is 0 Å². The van der Waals surface area contributed by atoms with Crippen molar-refractivity contribution >= 4 is 5.57 Å². The van der Waals surface area contributed by atoms with Crippen LogP contribution >= 0.6 is 0 Å². The van der Waals surface area contributed by atoms with Crippen molar-refractivity contribution in [3.05, 3.63) is 59.7 Å². The molecular weight excluding hydrogens is 287 g/mol. The summed E-state index contributed by atoms with van der Waals surface area (Å²) in [4.78, 5) is 4.43. The molecule has 0 spiro atoms.